The van der Waals surface area contributed by atoms with Crippen LogP contribution >= 0.6 is 0 Å². The van der Waals surface area contributed by atoms with Crippen molar-refractivity contribution in [1.82, 2.24) is 4.90 Å². The fraction of sp³-hybridized carbons (Fsp3) is 0.375. The van der Waals surface area contributed by atoms with Crippen molar-refractivity contribution in [2.45, 2.75) is 51.6 Å². The number of aryl methyl sites for hydroxylation is 1. The lowest BCUT2D eigenvalue weighted by Crippen LogP contribution is -2.41. The molecule has 0 unspecified atom stereocenters. The van der Waals surface area contributed by atoms with Crippen molar-refractivity contribution >= 4 is 11.9 Å². The van der Waals surface area contributed by atoms with E-state index in [1.807, 2.05) is 13.0 Å². The van der Waals surface area contributed by atoms with Gasteiger partial charge in [-0.1, -0.05) is 37.5 Å². The number of allylic oxidation sites excluding steroid dienone is 1. The quantitative estimate of drug-likeness (QED) is 0.655. The van der Waals surface area contributed by atoms with Crippen molar-refractivity contribution in [3.8, 4) is 11.5 Å². The molecule has 3 aliphatic rings. The molecule has 0 aromatic heterocycles. The molecule has 0 radical (unpaired) electrons. The van der Waals surface area contributed by atoms with Gasteiger partial charge in [-0.15, -0.1) is 0 Å². The van der Waals surface area contributed by atoms with E-state index in [4.69, 9.17) is 9.47 Å². The van der Waals surface area contributed by atoms with E-state index in [0.29, 0.717) is 36.2 Å². The number of fused-ring (bicyclic) bond motifs is 3. The van der Waals surface area contributed by atoms with Crippen molar-refractivity contribution in [3.05, 3.63) is 64.2 Å². The van der Waals surface area contributed by atoms with Gasteiger partial charge in [0.2, 0.25) is 5.78 Å². The molecule has 1 saturated carbocycles. The summed E-state index contributed by atoms with van der Waals surface area (Å²) in [5.74, 6) is 0.953. The van der Waals surface area contributed by atoms with E-state index in [2.05, 4.69) is 4.90 Å². The number of hydrogen-bond donors (Lipinski definition) is 0. The Morgan fingerprint density at radius 1 is 1.17 bits per heavy atom. The number of halogens is 1. The number of Topliss-reactive ketones (excluding diaryl/α,β-unsaturated/α-hetero) is 1. The summed E-state index contributed by atoms with van der Waals surface area (Å²) in [5, 5.41) is 0. The number of ketones is 1. The van der Waals surface area contributed by atoms with Gasteiger partial charge in [-0.3, -0.25) is 9.69 Å². The lowest BCUT2D eigenvalue weighted by molar-refractivity contribution is 0.0393. The minimum atomic E-state index is -0.377. The number of nitrogens with zero attached hydrogens (tertiary/aromatic N) is 1. The second kappa shape index (κ2) is 7.30. The first-order valence-corrected chi connectivity index (χ1v) is 10.3. The van der Waals surface area contributed by atoms with Crippen molar-refractivity contribution in [3.63, 3.8) is 0 Å². The monoisotopic (exact) mass is 393 g/mol. The molecule has 1 fully saturated rings. The highest BCUT2D eigenvalue weighted by atomic mass is 19.1. The first kappa shape index (κ1) is 18.4. The van der Waals surface area contributed by atoms with Crippen LogP contribution in [0.3, 0.4) is 0 Å². The third-order valence-electron chi connectivity index (χ3n) is 6.23. The molecule has 2 aromatic carbocycles. The van der Waals surface area contributed by atoms with Crippen molar-refractivity contribution < 1.29 is 18.7 Å². The predicted octanol–water partition coefficient (Wildman–Crippen LogP) is 5.23. The molecular weight excluding hydrogens is 369 g/mol. The summed E-state index contributed by atoms with van der Waals surface area (Å²) < 4.78 is 26.2. The molecule has 0 amide bonds. The van der Waals surface area contributed by atoms with E-state index in [1.54, 1.807) is 18.2 Å². The lowest BCUT2D eigenvalue weighted by Gasteiger charge is -2.37. The smallest absolute Gasteiger partial charge is 0.232 e. The van der Waals surface area contributed by atoms with Crippen molar-refractivity contribution in [2.24, 2.45) is 0 Å². The molecule has 2 heterocycles. The molecule has 0 spiro atoms. The molecule has 0 saturated heterocycles. The molecular formula is C24H24FNO3. The largest absolute Gasteiger partial charge is 0.478 e. The summed E-state index contributed by atoms with van der Waals surface area (Å²) in [7, 11) is 0. The first-order chi connectivity index (χ1) is 14.1. The molecule has 5 heteroatoms. The van der Waals surface area contributed by atoms with Crippen LogP contribution in [0.1, 0.15) is 59.2 Å². The van der Waals surface area contributed by atoms with Crippen LogP contribution < -0.4 is 9.47 Å². The zero-order valence-corrected chi connectivity index (χ0v) is 16.5. The van der Waals surface area contributed by atoms with Gasteiger partial charge in [-0.25, -0.2) is 4.39 Å². The van der Waals surface area contributed by atoms with Crippen LogP contribution in [0, 0.1) is 12.7 Å². The van der Waals surface area contributed by atoms with Crippen LogP contribution in [0.15, 0.2) is 36.1 Å². The minimum absolute atomic E-state index is 0.163. The van der Waals surface area contributed by atoms with Crippen molar-refractivity contribution in [1.29, 1.82) is 0 Å². The molecule has 2 aromatic rings. The predicted molar refractivity (Wildman–Crippen MR) is 108 cm³/mol. The number of rotatable bonds is 2. The highest BCUT2D eigenvalue weighted by Crippen LogP contribution is 2.44. The number of hydrogen-bond acceptors (Lipinski definition) is 4. The fourth-order valence-corrected chi connectivity index (χ4v) is 4.66. The van der Waals surface area contributed by atoms with Gasteiger partial charge >= 0.3 is 0 Å². The zero-order valence-electron chi connectivity index (χ0n) is 16.5. The average molecular weight is 393 g/mol. The summed E-state index contributed by atoms with van der Waals surface area (Å²) in [5.41, 5.74) is 2.66. The number of carbonyl (C=O) groups excluding carboxylic acids is 1. The van der Waals surface area contributed by atoms with Crippen LogP contribution in [0.4, 0.5) is 4.39 Å². The van der Waals surface area contributed by atoms with Gasteiger partial charge in [0.25, 0.3) is 0 Å². The molecule has 2 aliphatic heterocycles. The Labute approximate surface area is 169 Å². The topological polar surface area (TPSA) is 38.8 Å². The Hall–Kier alpha value is -2.66. The summed E-state index contributed by atoms with van der Waals surface area (Å²) in [6.07, 6.45) is 7.68. The Kier molecular flexibility index (Phi) is 4.63. The minimum Gasteiger partial charge on any atom is -0.478 e. The van der Waals surface area contributed by atoms with E-state index in [-0.39, 0.29) is 17.4 Å². The number of benzene rings is 2. The Bertz CT molecular complexity index is 1010. The van der Waals surface area contributed by atoms with Gasteiger partial charge in [0, 0.05) is 18.2 Å². The Morgan fingerprint density at radius 3 is 2.76 bits per heavy atom. The van der Waals surface area contributed by atoms with E-state index in [9.17, 15) is 9.18 Å². The standard InChI is InChI=1S/C24H24FNO3/c1-15-11-20-18(13-26(14-28-20)17-8-3-2-4-9-17)24-22(15)23(27)21(29-24)12-16-7-5-6-10-19(16)25/h5-7,10-12,17H,2-4,8-9,13-14H2,1H3/b21-12-. The zero-order chi connectivity index (χ0) is 20.0. The lowest BCUT2D eigenvalue weighted by atomic mass is 9.93. The first-order valence-electron chi connectivity index (χ1n) is 10.3. The SMILES string of the molecule is Cc1cc2c(c3c1C(=O)/C(=C/c1ccccc1F)O3)CN(C1CCCCC1)CO2. The van der Waals surface area contributed by atoms with Gasteiger partial charge in [0.05, 0.1) is 11.1 Å². The highest BCUT2D eigenvalue weighted by Gasteiger charge is 2.36. The molecule has 5 rings (SSSR count). The maximum Gasteiger partial charge on any atom is 0.232 e. The van der Waals surface area contributed by atoms with E-state index in [1.165, 1.54) is 44.2 Å². The van der Waals surface area contributed by atoms with Crippen LogP contribution in [-0.2, 0) is 6.54 Å². The second-order valence-electron chi connectivity index (χ2n) is 8.15. The molecule has 0 bridgehead atoms. The molecule has 0 atom stereocenters. The average Bonchev–Trinajstić information content (AvgIpc) is 3.07. The summed E-state index contributed by atoms with van der Waals surface area (Å²) in [6, 6.07) is 8.82. The van der Waals surface area contributed by atoms with Crippen LogP contribution in [0.25, 0.3) is 6.08 Å². The molecule has 0 N–H and O–H groups in total. The molecule has 4 nitrogen and oxygen atoms in total. The normalized spacial score (nSPS) is 20.9. The Balaban J connectivity index is 1.50. The fourth-order valence-electron chi connectivity index (χ4n) is 4.66. The van der Waals surface area contributed by atoms with E-state index < -0.39 is 0 Å². The van der Waals surface area contributed by atoms with Gasteiger partial charge < -0.3 is 9.47 Å². The van der Waals surface area contributed by atoms with Gasteiger partial charge in [-0.2, -0.15) is 0 Å². The highest BCUT2D eigenvalue weighted by molar-refractivity contribution is 6.15. The van der Waals surface area contributed by atoms with Gasteiger partial charge in [0.15, 0.2) is 5.76 Å². The third kappa shape index (κ3) is 3.23. The van der Waals surface area contributed by atoms with Crippen molar-refractivity contribution in [2.75, 3.05) is 6.73 Å². The molecule has 29 heavy (non-hydrogen) atoms. The maximum atomic E-state index is 14.1. The summed E-state index contributed by atoms with van der Waals surface area (Å²) in [4.78, 5) is 15.4. The molecule has 1 aliphatic carbocycles. The van der Waals surface area contributed by atoms with Gasteiger partial charge in [0.1, 0.15) is 24.0 Å². The van der Waals surface area contributed by atoms with E-state index >= 15 is 0 Å². The van der Waals surface area contributed by atoms with Crippen LogP contribution in [0.2, 0.25) is 0 Å². The van der Waals surface area contributed by atoms with Crippen LogP contribution in [0.5, 0.6) is 11.5 Å². The third-order valence-corrected chi connectivity index (χ3v) is 6.23. The Morgan fingerprint density at radius 2 is 1.97 bits per heavy atom. The van der Waals surface area contributed by atoms with E-state index in [0.717, 1.165) is 16.9 Å². The number of carbonyl (C=O) groups is 1. The molecule has 150 valence electrons. The summed E-state index contributed by atoms with van der Waals surface area (Å²) in [6.45, 7) is 3.17. The van der Waals surface area contributed by atoms with Gasteiger partial charge in [-0.05, 0) is 43.5 Å². The van der Waals surface area contributed by atoms with Crippen LogP contribution in [-0.4, -0.2) is 23.5 Å². The second-order valence-corrected chi connectivity index (χ2v) is 8.15. The summed E-state index contributed by atoms with van der Waals surface area (Å²) >= 11 is 0. The number of ether oxygens (including phenoxy) is 2. The maximum absolute atomic E-state index is 14.1.